The number of hydrogen-bond acceptors (Lipinski definition) is 4. The van der Waals surface area contributed by atoms with Gasteiger partial charge in [-0.1, -0.05) is 23.7 Å². The molecule has 24 heavy (non-hydrogen) atoms. The molecule has 0 aliphatic rings. The van der Waals surface area contributed by atoms with Gasteiger partial charge in [0.25, 0.3) is 0 Å². The van der Waals surface area contributed by atoms with E-state index in [1.54, 1.807) is 30.3 Å². The Bertz CT molecular complexity index is 1070. The molecule has 0 radical (unpaired) electrons. The first kappa shape index (κ1) is 16.5. The van der Waals surface area contributed by atoms with Gasteiger partial charge in [-0.2, -0.15) is 0 Å². The van der Waals surface area contributed by atoms with E-state index >= 15 is 0 Å². The van der Waals surface area contributed by atoms with Crippen molar-refractivity contribution in [3.05, 3.63) is 69.9 Å². The zero-order valence-corrected chi connectivity index (χ0v) is 14.1. The summed E-state index contributed by atoms with van der Waals surface area (Å²) in [7, 11) is -3.78. The van der Waals surface area contributed by atoms with Crippen molar-refractivity contribution in [2.75, 3.05) is 0 Å². The Morgan fingerprint density at radius 1 is 1.12 bits per heavy atom. The predicted octanol–water partition coefficient (Wildman–Crippen LogP) is 2.71. The minimum atomic E-state index is -3.78. The van der Waals surface area contributed by atoms with E-state index < -0.39 is 15.8 Å². The number of rotatable bonds is 3. The van der Waals surface area contributed by atoms with Crippen molar-refractivity contribution in [3.63, 3.8) is 0 Å². The molecule has 2 N–H and O–H groups in total. The van der Waals surface area contributed by atoms with E-state index in [9.17, 15) is 13.2 Å². The Hall–Kier alpha value is -2.35. The van der Waals surface area contributed by atoms with E-state index in [2.05, 4.69) is 0 Å². The number of nitrogens with zero attached hydrogens (tertiary/aromatic N) is 1. The third-order valence-electron chi connectivity index (χ3n) is 3.57. The van der Waals surface area contributed by atoms with Crippen molar-refractivity contribution in [2.45, 2.75) is 11.8 Å². The van der Waals surface area contributed by atoms with Gasteiger partial charge >= 0.3 is 5.76 Å². The van der Waals surface area contributed by atoms with Gasteiger partial charge in [0.15, 0.2) is 0 Å². The molecule has 0 saturated carbocycles. The zero-order chi connectivity index (χ0) is 17.5. The molecule has 0 amide bonds. The Morgan fingerprint density at radius 3 is 2.38 bits per heavy atom. The lowest BCUT2D eigenvalue weighted by molar-refractivity contribution is 0.504. The Balaban J connectivity index is 2.14. The summed E-state index contributed by atoms with van der Waals surface area (Å²) in [6.07, 6.45) is 1.32. The van der Waals surface area contributed by atoms with Crippen LogP contribution in [-0.2, 0) is 10.0 Å². The van der Waals surface area contributed by atoms with E-state index in [-0.39, 0.29) is 4.90 Å². The predicted molar refractivity (Wildman–Crippen MR) is 90.9 cm³/mol. The fraction of sp³-hybridized carbons (Fsp3) is 0.0625. The van der Waals surface area contributed by atoms with Crippen LogP contribution in [0.5, 0.6) is 0 Å². The van der Waals surface area contributed by atoms with Crippen molar-refractivity contribution < 1.29 is 12.8 Å². The summed E-state index contributed by atoms with van der Waals surface area (Å²) in [4.78, 5) is 12.1. The highest BCUT2D eigenvalue weighted by Gasteiger charge is 2.14. The normalized spacial score (nSPS) is 11.6. The second-order valence-corrected chi connectivity index (χ2v) is 7.19. The molecule has 0 aliphatic carbocycles. The van der Waals surface area contributed by atoms with Crippen molar-refractivity contribution in [1.29, 1.82) is 0 Å². The lowest BCUT2D eigenvalue weighted by atomic mass is 10.1. The molecule has 0 fully saturated rings. The molecule has 1 aromatic heterocycles. The van der Waals surface area contributed by atoms with E-state index in [1.807, 2.05) is 6.92 Å². The van der Waals surface area contributed by atoms with Crippen LogP contribution in [-0.4, -0.2) is 13.0 Å². The largest absolute Gasteiger partial charge is 0.424 e. The maximum atomic E-state index is 12.1. The Kier molecular flexibility index (Phi) is 4.08. The molecular formula is C16H13ClN2O4S. The van der Waals surface area contributed by atoms with Gasteiger partial charge in [-0.15, -0.1) is 0 Å². The third-order valence-corrected chi connectivity index (χ3v) is 4.93. The first-order chi connectivity index (χ1) is 11.3. The van der Waals surface area contributed by atoms with Crippen LogP contribution >= 0.6 is 11.6 Å². The van der Waals surface area contributed by atoms with Gasteiger partial charge in [-0.25, -0.2) is 22.9 Å². The molecule has 6 nitrogen and oxygen atoms in total. The molecule has 0 spiro atoms. The van der Waals surface area contributed by atoms with Crippen LogP contribution in [0.25, 0.3) is 16.9 Å². The van der Waals surface area contributed by atoms with Crippen molar-refractivity contribution in [2.24, 2.45) is 5.14 Å². The average Bonchev–Trinajstić information content (AvgIpc) is 2.91. The topological polar surface area (TPSA) is 95.3 Å². The van der Waals surface area contributed by atoms with Gasteiger partial charge in [0.2, 0.25) is 10.0 Å². The zero-order valence-electron chi connectivity index (χ0n) is 12.6. The van der Waals surface area contributed by atoms with Gasteiger partial charge in [0, 0.05) is 10.6 Å². The van der Waals surface area contributed by atoms with Gasteiger partial charge in [-0.3, -0.25) is 0 Å². The van der Waals surface area contributed by atoms with Gasteiger partial charge in [0.05, 0.1) is 16.3 Å². The SMILES string of the molecule is Cc1cc(-n2c(-c3ccc(S(N)(=O)=O)cc3)coc2=O)ccc1Cl. The quantitative estimate of drug-likeness (QED) is 0.772. The van der Waals surface area contributed by atoms with Gasteiger partial charge in [0.1, 0.15) is 6.26 Å². The molecule has 0 bridgehead atoms. The van der Waals surface area contributed by atoms with Crippen molar-refractivity contribution >= 4 is 21.6 Å². The Labute approximate surface area is 143 Å². The van der Waals surface area contributed by atoms with E-state index in [4.69, 9.17) is 21.2 Å². The van der Waals surface area contributed by atoms with Crippen LogP contribution in [0.15, 0.2) is 62.8 Å². The summed E-state index contributed by atoms with van der Waals surface area (Å²) in [6.45, 7) is 1.83. The van der Waals surface area contributed by atoms with Gasteiger partial charge < -0.3 is 4.42 Å². The molecule has 0 atom stereocenters. The van der Waals surface area contributed by atoms with Crippen LogP contribution in [0.4, 0.5) is 0 Å². The number of aromatic nitrogens is 1. The highest BCUT2D eigenvalue weighted by atomic mass is 35.5. The van der Waals surface area contributed by atoms with Crippen LogP contribution in [0.1, 0.15) is 5.56 Å². The number of sulfonamides is 1. The van der Waals surface area contributed by atoms with Crippen molar-refractivity contribution in [3.8, 4) is 16.9 Å². The minimum Gasteiger partial charge on any atom is -0.415 e. The molecule has 124 valence electrons. The second-order valence-electron chi connectivity index (χ2n) is 5.23. The molecule has 8 heteroatoms. The first-order valence-electron chi connectivity index (χ1n) is 6.87. The van der Waals surface area contributed by atoms with Crippen LogP contribution < -0.4 is 10.9 Å². The average molecular weight is 365 g/mol. The van der Waals surface area contributed by atoms with Crippen molar-refractivity contribution in [1.82, 2.24) is 4.57 Å². The lowest BCUT2D eigenvalue weighted by Crippen LogP contribution is -2.14. The molecule has 2 aromatic carbocycles. The van der Waals surface area contributed by atoms with Crippen LogP contribution in [0, 0.1) is 6.92 Å². The number of halogens is 1. The van der Waals surface area contributed by atoms with E-state index in [0.717, 1.165) is 5.56 Å². The highest BCUT2D eigenvalue weighted by molar-refractivity contribution is 7.89. The minimum absolute atomic E-state index is 0.00835. The molecular weight excluding hydrogens is 352 g/mol. The van der Waals surface area contributed by atoms with Crippen LogP contribution in [0.2, 0.25) is 5.02 Å². The number of oxazole rings is 1. The summed E-state index contributed by atoms with van der Waals surface area (Å²) in [6, 6.07) is 11.0. The number of aryl methyl sites for hydroxylation is 1. The fourth-order valence-electron chi connectivity index (χ4n) is 2.33. The molecule has 0 saturated heterocycles. The Morgan fingerprint density at radius 2 is 1.79 bits per heavy atom. The highest BCUT2D eigenvalue weighted by Crippen LogP contribution is 2.25. The maximum absolute atomic E-state index is 12.1. The smallest absolute Gasteiger partial charge is 0.415 e. The molecule has 3 rings (SSSR count). The number of nitrogens with two attached hydrogens (primary N) is 1. The summed E-state index contributed by atoms with van der Waals surface area (Å²) in [5.41, 5.74) is 2.52. The summed E-state index contributed by atoms with van der Waals surface area (Å²) in [5.74, 6) is -0.553. The number of primary sulfonamides is 1. The summed E-state index contributed by atoms with van der Waals surface area (Å²) < 4.78 is 29.1. The molecule has 0 unspecified atom stereocenters. The third kappa shape index (κ3) is 3.01. The van der Waals surface area contributed by atoms with E-state index in [0.29, 0.717) is 22.0 Å². The standard InChI is InChI=1S/C16H13ClN2O4S/c1-10-8-12(4-7-14(10)17)19-15(9-23-16(19)20)11-2-5-13(6-3-11)24(18,21)22/h2-9H,1H3,(H2,18,21,22). The monoisotopic (exact) mass is 364 g/mol. The first-order valence-corrected chi connectivity index (χ1v) is 8.80. The number of benzene rings is 2. The maximum Gasteiger partial charge on any atom is 0.424 e. The lowest BCUT2D eigenvalue weighted by Gasteiger charge is -2.08. The summed E-state index contributed by atoms with van der Waals surface area (Å²) >= 11 is 6.02. The number of hydrogen-bond donors (Lipinski definition) is 1. The second kappa shape index (κ2) is 5.94. The summed E-state index contributed by atoms with van der Waals surface area (Å²) in [5, 5.41) is 5.68. The molecule has 1 heterocycles. The molecule has 3 aromatic rings. The fourth-order valence-corrected chi connectivity index (χ4v) is 2.97. The van der Waals surface area contributed by atoms with Gasteiger partial charge in [-0.05, 0) is 42.8 Å². The van der Waals surface area contributed by atoms with Crippen LogP contribution in [0.3, 0.4) is 0 Å². The van der Waals surface area contributed by atoms with E-state index in [1.165, 1.54) is 23.0 Å². The molecule has 0 aliphatic heterocycles.